The SMILES string of the molecule is C[C@H](C(=O)O)C1CCCCCC1. The van der Waals surface area contributed by atoms with Crippen LogP contribution in [0.15, 0.2) is 0 Å². The van der Waals surface area contributed by atoms with E-state index in [2.05, 4.69) is 0 Å². The molecule has 1 N–H and O–H groups in total. The molecule has 1 fully saturated rings. The predicted molar refractivity (Wildman–Crippen MR) is 48.0 cm³/mol. The van der Waals surface area contributed by atoms with Gasteiger partial charge in [-0.3, -0.25) is 4.79 Å². The van der Waals surface area contributed by atoms with Crippen molar-refractivity contribution in [3.63, 3.8) is 0 Å². The summed E-state index contributed by atoms with van der Waals surface area (Å²) < 4.78 is 0. The first kappa shape index (κ1) is 9.56. The van der Waals surface area contributed by atoms with E-state index in [0.29, 0.717) is 5.92 Å². The van der Waals surface area contributed by atoms with E-state index in [4.69, 9.17) is 5.11 Å². The van der Waals surface area contributed by atoms with Crippen molar-refractivity contribution in [3.8, 4) is 0 Å². The lowest BCUT2D eigenvalue weighted by molar-refractivity contribution is -0.143. The average molecular weight is 170 g/mol. The van der Waals surface area contributed by atoms with E-state index in [0.717, 1.165) is 12.8 Å². The van der Waals surface area contributed by atoms with Crippen LogP contribution in [0.3, 0.4) is 0 Å². The van der Waals surface area contributed by atoms with E-state index in [1.54, 1.807) is 0 Å². The maximum atomic E-state index is 10.7. The minimum atomic E-state index is -0.623. The van der Waals surface area contributed by atoms with Gasteiger partial charge >= 0.3 is 5.97 Å². The highest BCUT2D eigenvalue weighted by Crippen LogP contribution is 2.28. The molecule has 0 heterocycles. The molecule has 0 aliphatic heterocycles. The van der Waals surface area contributed by atoms with Crippen LogP contribution < -0.4 is 0 Å². The highest BCUT2D eigenvalue weighted by Gasteiger charge is 2.23. The van der Waals surface area contributed by atoms with E-state index in [1.807, 2.05) is 6.92 Å². The Bertz CT molecular complexity index is 146. The Labute approximate surface area is 74.0 Å². The first-order chi connectivity index (χ1) is 5.72. The van der Waals surface area contributed by atoms with Crippen LogP contribution >= 0.6 is 0 Å². The van der Waals surface area contributed by atoms with E-state index >= 15 is 0 Å². The van der Waals surface area contributed by atoms with Crippen molar-refractivity contribution >= 4 is 5.97 Å². The van der Waals surface area contributed by atoms with Crippen LogP contribution in [-0.4, -0.2) is 11.1 Å². The van der Waals surface area contributed by atoms with Gasteiger partial charge in [-0.15, -0.1) is 0 Å². The summed E-state index contributed by atoms with van der Waals surface area (Å²) in [5.74, 6) is -0.324. The van der Waals surface area contributed by atoms with Crippen LogP contribution in [0, 0.1) is 11.8 Å². The van der Waals surface area contributed by atoms with Crippen molar-refractivity contribution in [2.24, 2.45) is 11.8 Å². The third-order valence-electron chi connectivity index (χ3n) is 3.00. The Morgan fingerprint density at radius 2 is 1.75 bits per heavy atom. The fourth-order valence-corrected chi connectivity index (χ4v) is 2.01. The molecule has 0 radical (unpaired) electrons. The monoisotopic (exact) mass is 170 g/mol. The third kappa shape index (κ3) is 2.50. The lowest BCUT2D eigenvalue weighted by Crippen LogP contribution is -2.19. The largest absolute Gasteiger partial charge is 0.481 e. The maximum absolute atomic E-state index is 10.7. The zero-order chi connectivity index (χ0) is 8.97. The lowest BCUT2D eigenvalue weighted by Gasteiger charge is -2.17. The molecule has 2 heteroatoms. The van der Waals surface area contributed by atoms with Crippen LogP contribution in [0.1, 0.15) is 45.4 Å². The van der Waals surface area contributed by atoms with E-state index in [-0.39, 0.29) is 5.92 Å². The van der Waals surface area contributed by atoms with Crippen LogP contribution in [0.25, 0.3) is 0 Å². The molecular weight excluding hydrogens is 152 g/mol. The van der Waals surface area contributed by atoms with Gasteiger partial charge in [-0.05, 0) is 18.8 Å². The summed E-state index contributed by atoms with van der Waals surface area (Å²) in [4.78, 5) is 10.7. The summed E-state index contributed by atoms with van der Waals surface area (Å²) in [6.45, 7) is 1.85. The van der Waals surface area contributed by atoms with Gasteiger partial charge in [0.2, 0.25) is 0 Å². The summed E-state index contributed by atoms with van der Waals surface area (Å²) >= 11 is 0. The number of hydrogen-bond donors (Lipinski definition) is 1. The molecule has 1 aliphatic rings. The van der Waals surface area contributed by atoms with Gasteiger partial charge in [0, 0.05) is 0 Å². The Balaban J connectivity index is 2.42. The van der Waals surface area contributed by atoms with Gasteiger partial charge in [0.05, 0.1) is 5.92 Å². The fraction of sp³-hybridized carbons (Fsp3) is 0.900. The van der Waals surface area contributed by atoms with Gasteiger partial charge in [-0.2, -0.15) is 0 Å². The number of rotatable bonds is 2. The van der Waals surface area contributed by atoms with Crippen LogP contribution in [0.4, 0.5) is 0 Å². The first-order valence-corrected chi connectivity index (χ1v) is 4.94. The van der Waals surface area contributed by atoms with E-state index in [9.17, 15) is 4.79 Å². The van der Waals surface area contributed by atoms with Gasteiger partial charge < -0.3 is 5.11 Å². The summed E-state index contributed by atoms with van der Waals surface area (Å²) in [5.41, 5.74) is 0. The van der Waals surface area contributed by atoms with Crippen molar-refractivity contribution in [1.82, 2.24) is 0 Å². The Morgan fingerprint density at radius 1 is 1.25 bits per heavy atom. The van der Waals surface area contributed by atoms with Gasteiger partial charge in [-0.25, -0.2) is 0 Å². The zero-order valence-electron chi connectivity index (χ0n) is 7.75. The maximum Gasteiger partial charge on any atom is 0.306 e. The second kappa shape index (κ2) is 4.48. The Morgan fingerprint density at radius 3 is 2.17 bits per heavy atom. The first-order valence-electron chi connectivity index (χ1n) is 4.94. The summed E-state index contributed by atoms with van der Waals surface area (Å²) in [5, 5.41) is 8.83. The van der Waals surface area contributed by atoms with Crippen molar-refractivity contribution < 1.29 is 9.90 Å². The molecule has 0 aromatic rings. The minimum Gasteiger partial charge on any atom is -0.481 e. The quantitative estimate of drug-likeness (QED) is 0.647. The van der Waals surface area contributed by atoms with Crippen LogP contribution in [-0.2, 0) is 4.79 Å². The second-order valence-corrected chi connectivity index (χ2v) is 3.88. The number of carbonyl (C=O) groups is 1. The molecule has 2 nitrogen and oxygen atoms in total. The minimum absolute atomic E-state index is 0.136. The molecule has 0 amide bonds. The predicted octanol–water partition coefficient (Wildman–Crippen LogP) is 2.68. The number of aliphatic carboxylic acids is 1. The Kier molecular flexibility index (Phi) is 3.57. The lowest BCUT2D eigenvalue weighted by atomic mass is 9.88. The molecule has 0 aromatic carbocycles. The molecule has 0 saturated heterocycles. The molecule has 0 spiro atoms. The Hall–Kier alpha value is -0.530. The van der Waals surface area contributed by atoms with Crippen molar-refractivity contribution in [2.75, 3.05) is 0 Å². The molecule has 1 atom stereocenters. The van der Waals surface area contributed by atoms with Crippen molar-refractivity contribution in [2.45, 2.75) is 45.4 Å². The van der Waals surface area contributed by atoms with Crippen molar-refractivity contribution in [1.29, 1.82) is 0 Å². The molecule has 1 saturated carbocycles. The average Bonchev–Trinajstić information content (AvgIpc) is 2.30. The van der Waals surface area contributed by atoms with Gasteiger partial charge in [0.1, 0.15) is 0 Å². The molecule has 1 aliphatic carbocycles. The summed E-state index contributed by atoms with van der Waals surface area (Å²) in [6, 6.07) is 0. The molecule has 0 bridgehead atoms. The van der Waals surface area contributed by atoms with Crippen LogP contribution in [0.5, 0.6) is 0 Å². The normalized spacial score (nSPS) is 23.1. The number of hydrogen-bond acceptors (Lipinski definition) is 1. The third-order valence-corrected chi connectivity index (χ3v) is 3.00. The van der Waals surface area contributed by atoms with Crippen molar-refractivity contribution in [3.05, 3.63) is 0 Å². The molecule has 0 unspecified atom stereocenters. The fourth-order valence-electron chi connectivity index (χ4n) is 2.01. The highest BCUT2D eigenvalue weighted by molar-refractivity contribution is 5.69. The number of carboxylic acids is 1. The standard InChI is InChI=1S/C10H18O2/c1-8(10(11)12)9-6-4-2-3-5-7-9/h8-9H,2-7H2,1H3,(H,11,12)/t8-/m0/s1. The second-order valence-electron chi connectivity index (χ2n) is 3.88. The molecule has 70 valence electrons. The van der Waals surface area contributed by atoms with E-state index in [1.165, 1.54) is 25.7 Å². The van der Waals surface area contributed by atoms with Gasteiger partial charge in [0.25, 0.3) is 0 Å². The summed E-state index contributed by atoms with van der Waals surface area (Å²) in [7, 11) is 0. The highest BCUT2D eigenvalue weighted by atomic mass is 16.4. The summed E-state index contributed by atoms with van der Waals surface area (Å²) in [6.07, 6.45) is 7.27. The van der Waals surface area contributed by atoms with E-state index < -0.39 is 5.97 Å². The van der Waals surface area contributed by atoms with Gasteiger partial charge in [0.15, 0.2) is 0 Å². The van der Waals surface area contributed by atoms with Gasteiger partial charge in [-0.1, -0.05) is 32.6 Å². The molecule has 12 heavy (non-hydrogen) atoms. The smallest absolute Gasteiger partial charge is 0.306 e. The molecular formula is C10H18O2. The zero-order valence-corrected chi connectivity index (χ0v) is 7.75. The molecule has 1 rings (SSSR count). The topological polar surface area (TPSA) is 37.3 Å². The molecule has 0 aromatic heterocycles. The number of carboxylic acid groups (broad SMARTS) is 1. The van der Waals surface area contributed by atoms with Crippen LogP contribution in [0.2, 0.25) is 0 Å².